The fraction of sp³-hybridized carbons (Fsp3) is 0.769. The maximum Gasteiger partial charge on any atom is 0.389 e. The number of thiazole rings is 1. The number of hydrogen-bond acceptors (Lipinski definition) is 5. The molecule has 1 aromatic heterocycles. The van der Waals surface area contributed by atoms with Gasteiger partial charge in [0.05, 0.1) is 30.5 Å². The van der Waals surface area contributed by atoms with Crippen LogP contribution in [0.4, 0.5) is 13.2 Å². The summed E-state index contributed by atoms with van der Waals surface area (Å²) < 4.78 is 41.0. The third-order valence-electron chi connectivity index (χ3n) is 2.82. The van der Waals surface area contributed by atoms with Gasteiger partial charge in [-0.2, -0.15) is 13.2 Å². The van der Waals surface area contributed by atoms with Crippen LogP contribution in [0.15, 0.2) is 5.51 Å². The first-order valence-electron chi connectivity index (χ1n) is 6.80. The number of alkyl halides is 3. The first-order chi connectivity index (χ1) is 9.88. The lowest BCUT2D eigenvalue weighted by molar-refractivity contribution is -0.135. The highest BCUT2D eigenvalue weighted by atomic mass is 32.1. The molecule has 0 saturated heterocycles. The van der Waals surface area contributed by atoms with Crippen molar-refractivity contribution in [2.45, 2.75) is 38.5 Å². The monoisotopic (exact) mass is 326 g/mol. The van der Waals surface area contributed by atoms with E-state index in [1.165, 1.54) is 0 Å². The van der Waals surface area contributed by atoms with Crippen molar-refractivity contribution >= 4 is 11.3 Å². The van der Waals surface area contributed by atoms with Gasteiger partial charge in [0.15, 0.2) is 0 Å². The molecule has 8 heteroatoms. The molecule has 21 heavy (non-hydrogen) atoms. The van der Waals surface area contributed by atoms with Crippen molar-refractivity contribution in [3.05, 3.63) is 16.1 Å². The van der Waals surface area contributed by atoms with Gasteiger partial charge in [0.1, 0.15) is 0 Å². The molecule has 0 aliphatic carbocycles. The maximum atomic E-state index is 11.9. The Morgan fingerprint density at radius 1 is 1.48 bits per heavy atom. The first kappa shape index (κ1) is 18.3. The highest BCUT2D eigenvalue weighted by molar-refractivity contribution is 7.09. The molecular formula is C13H21F3N2O2S. The van der Waals surface area contributed by atoms with Crippen LogP contribution in [0.25, 0.3) is 0 Å². The summed E-state index contributed by atoms with van der Waals surface area (Å²) in [6.07, 6.45) is -4.86. The number of aliphatic hydroxyl groups is 1. The molecule has 1 aromatic rings. The van der Waals surface area contributed by atoms with Gasteiger partial charge in [-0.1, -0.05) is 0 Å². The van der Waals surface area contributed by atoms with E-state index in [0.29, 0.717) is 6.61 Å². The predicted octanol–water partition coefficient (Wildman–Crippen LogP) is 2.30. The van der Waals surface area contributed by atoms with Crippen LogP contribution in [0.2, 0.25) is 0 Å². The number of rotatable bonds is 10. The third kappa shape index (κ3) is 9.02. The Morgan fingerprint density at radius 2 is 2.24 bits per heavy atom. The second-order valence-electron chi connectivity index (χ2n) is 4.76. The molecule has 2 N–H and O–H groups in total. The molecular weight excluding hydrogens is 305 g/mol. The van der Waals surface area contributed by atoms with Crippen molar-refractivity contribution in [1.82, 2.24) is 10.3 Å². The van der Waals surface area contributed by atoms with Crippen LogP contribution in [0.1, 0.15) is 23.4 Å². The van der Waals surface area contributed by atoms with Gasteiger partial charge >= 0.3 is 6.18 Å². The molecule has 1 rings (SSSR count). The fourth-order valence-electron chi connectivity index (χ4n) is 1.69. The normalized spacial score (nSPS) is 13.6. The third-order valence-corrected chi connectivity index (χ3v) is 3.82. The second kappa shape index (κ2) is 9.34. The van der Waals surface area contributed by atoms with Gasteiger partial charge in [0.25, 0.3) is 0 Å². The molecule has 1 unspecified atom stereocenters. The standard InChI is InChI=1S/C13H21F3N2O2S/c1-10-12(21-9-18-10)3-6-20-8-11(19)7-17-5-2-4-13(14,15)16/h9,11,17,19H,2-8H2,1H3. The molecule has 0 radical (unpaired) electrons. The van der Waals surface area contributed by atoms with Crippen molar-refractivity contribution < 1.29 is 23.0 Å². The average molecular weight is 326 g/mol. The summed E-state index contributed by atoms with van der Waals surface area (Å²) in [6.45, 7) is 3.07. The van der Waals surface area contributed by atoms with E-state index < -0.39 is 18.7 Å². The van der Waals surface area contributed by atoms with E-state index in [4.69, 9.17) is 4.74 Å². The Morgan fingerprint density at radius 3 is 2.86 bits per heavy atom. The summed E-state index contributed by atoms with van der Waals surface area (Å²) in [7, 11) is 0. The highest BCUT2D eigenvalue weighted by Gasteiger charge is 2.25. The summed E-state index contributed by atoms with van der Waals surface area (Å²) in [5.74, 6) is 0. The first-order valence-corrected chi connectivity index (χ1v) is 7.68. The smallest absolute Gasteiger partial charge is 0.389 e. The van der Waals surface area contributed by atoms with Crippen LogP contribution >= 0.6 is 11.3 Å². The largest absolute Gasteiger partial charge is 0.389 e. The Labute approximate surface area is 126 Å². The summed E-state index contributed by atoms with van der Waals surface area (Å²) in [6, 6.07) is 0. The van der Waals surface area contributed by atoms with E-state index in [-0.39, 0.29) is 26.1 Å². The predicted molar refractivity (Wildman–Crippen MR) is 75.5 cm³/mol. The Hall–Kier alpha value is -0.700. The molecule has 4 nitrogen and oxygen atoms in total. The average Bonchev–Trinajstić information content (AvgIpc) is 2.78. The summed E-state index contributed by atoms with van der Waals surface area (Å²) in [5, 5.41) is 12.4. The van der Waals surface area contributed by atoms with Gasteiger partial charge < -0.3 is 15.2 Å². The second-order valence-corrected chi connectivity index (χ2v) is 5.70. The SMILES string of the molecule is Cc1ncsc1CCOCC(O)CNCCCC(F)(F)F. The number of ether oxygens (including phenoxy) is 1. The molecule has 0 aliphatic heterocycles. The van der Waals surface area contributed by atoms with Crippen molar-refractivity contribution in [3.63, 3.8) is 0 Å². The number of aliphatic hydroxyl groups excluding tert-OH is 1. The van der Waals surface area contributed by atoms with E-state index in [0.717, 1.165) is 17.0 Å². The van der Waals surface area contributed by atoms with Crippen LogP contribution in [0.5, 0.6) is 0 Å². The lowest BCUT2D eigenvalue weighted by Gasteiger charge is -2.12. The van der Waals surface area contributed by atoms with Gasteiger partial charge in [-0.3, -0.25) is 0 Å². The Bertz CT molecular complexity index is 399. The van der Waals surface area contributed by atoms with E-state index in [2.05, 4.69) is 10.3 Å². The van der Waals surface area contributed by atoms with E-state index in [1.807, 2.05) is 6.92 Å². The molecule has 0 saturated carbocycles. The zero-order chi connectivity index (χ0) is 15.7. The van der Waals surface area contributed by atoms with Crippen LogP contribution in [-0.4, -0.2) is 48.7 Å². The van der Waals surface area contributed by atoms with Crippen molar-refractivity contribution in [2.75, 3.05) is 26.3 Å². The Kier molecular flexibility index (Phi) is 8.16. The summed E-state index contributed by atoms with van der Waals surface area (Å²) >= 11 is 1.57. The molecule has 1 heterocycles. The molecule has 0 aromatic carbocycles. The zero-order valence-corrected chi connectivity index (χ0v) is 12.8. The lowest BCUT2D eigenvalue weighted by atomic mass is 10.3. The molecule has 0 fully saturated rings. The fourth-order valence-corrected chi connectivity index (χ4v) is 2.45. The lowest BCUT2D eigenvalue weighted by Crippen LogP contribution is -2.31. The van der Waals surface area contributed by atoms with Crippen LogP contribution in [0, 0.1) is 6.92 Å². The number of nitrogens with zero attached hydrogens (tertiary/aromatic N) is 1. The van der Waals surface area contributed by atoms with E-state index >= 15 is 0 Å². The quantitative estimate of drug-likeness (QED) is 0.648. The molecule has 1 atom stereocenters. The van der Waals surface area contributed by atoms with Crippen LogP contribution < -0.4 is 5.32 Å². The number of halogens is 3. The molecule has 122 valence electrons. The minimum atomic E-state index is -4.11. The maximum absolute atomic E-state index is 11.9. The van der Waals surface area contributed by atoms with Gasteiger partial charge in [-0.25, -0.2) is 4.98 Å². The topological polar surface area (TPSA) is 54.4 Å². The molecule has 0 aliphatic rings. The van der Waals surface area contributed by atoms with E-state index in [1.54, 1.807) is 16.8 Å². The number of hydrogen-bond donors (Lipinski definition) is 2. The minimum Gasteiger partial charge on any atom is -0.389 e. The summed E-state index contributed by atoms with van der Waals surface area (Å²) in [5.41, 5.74) is 2.78. The molecule has 0 bridgehead atoms. The van der Waals surface area contributed by atoms with E-state index in [9.17, 15) is 18.3 Å². The number of nitrogens with one attached hydrogen (secondary N) is 1. The van der Waals surface area contributed by atoms with Gasteiger partial charge in [-0.05, 0) is 19.9 Å². The van der Waals surface area contributed by atoms with Gasteiger partial charge in [0, 0.05) is 24.3 Å². The molecule has 0 amide bonds. The van der Waals surface area contributed by atoms with Gasteiger partial charge in [0.2, 0.25) is 0 Å². The minimum absolute atomic E-state index is 0.0156. The zero-order valence-electron chi connectivity index (χ0n) is 11.9. The molecule has 0 spiro atoms. The van der Waals surface area contributed by atoms with Crippen LogP contribution in [0.3, 0.4) is 0 Å². The number of aryl methyl sites for hydroxylation is 1. The van der Waals surface area contributed by atoms with Crippen molar-refractivity contribution in [2.24, 2.45) is 0 Å². The number of aromatic nitrogens is 1. The van der Waals surface area contributed by atoms with Gasteiger partial charge in [-0.15, -0.1) is 11.3 Å². The highest BCUT2D eigenvalue weighted by Crippen LogP contribution is 2.20. The van der Waals surface area contributed by atoms with Crippen molar-refractivity contribution in [1.29, 1.82) is 0 Å². The van der Waals surface area contributed by atoms with Crippen molar-refractivity contribution in [3.8, 4) is 0 Å². The van der Waals surface area contributed by atoms with Crippen LogP contribution in [-0.2, 0) is 11.2 Å². The Balaban J connectivity index is 1.96. The summed E-state index contributed by atoms with van der Waals surface area (Å²) in [4.78, 5) is 5.29.